The number of aromatic nitrogens is 2. The maximum absolute atomic E-state index is 11.8. The van der Waals surface area contributed by atoms with E-state index in [0.29, 0.717) is 11.3 Å². The van der Waals surface area contributed by atoms with Crippen LogP contribution in [0.3, 0.4) is 0 Å². The normalized spacial score (nSPS) is 10.8. The number of nitrogens with one attached hydrogen (secondary N) is 2. The zero-order chi connectivity index (χ0) is 16.9. The van der Waals surface area contributed by atoms with Crippen LogP contribution >= 0.6 is 0 Å². The molecular formula is C17H14N4O3. The highest BCUT2D eigenvalue weighted by atomic mass is 16.3. The Morgan fingerprint density at radius 2 is 1.88 bits per heavy atom. The van der Waals surface area contributed by atoms with Crippen LogP contribution in [0, 0.1) is 0 Å². The van der Waals surface area contributed by atoms with Gasteiger partial charge < -0.3 is 10.2 Å². The number of benzene rings is 2. The van der Waals surface area contributed by atoms with Crippen LogP contribution in [0.4, 0.5) is 5.95 Å². The highest BCUT2D eigenvalue weighted by Crippen LogP contribution is 2.21. The molecule has 7 heteroatoms. The van der Waals surface area contributed by atoms with E-state index in [0.717, 1.165) is 5.56 Å². The summed E-state index contributed by atoms with van der Waals surface area (Å²) in [6.45, 7) is 0. The van der Waals surface area contributed by atoms with Gasteiger partial charge in [0, 0.05) is 23.3 Å². The average molecular weight is 322 g/mol. The molecule has 0 aliphatic heterocycles. The molecule has 1 heterocycles. The highest BCUT2D eigenvalue weighted by molar-refractivity contribution is 5.84. The number of H-pyrrole nitrogens is 1. The number of aromatic amines is 1. The molecule has 24 heavy (non-hydrogen) atoms. The summed E-state index contributed by atoms with van der Waals surface area (Å²) < 4.78 is 0. The van der Waals surface area contributed by atoms with Gasteiger partial charge in [-0.3, -0.25) is 9.78 Å². The topological polar surface area (TPSA) is 111 Å². The Labute approximate surface area is 137 Å². The maximum Gasteiger partial charge on any atom is 0.252 e. The van der Waals surface area contributed by atoms with Crippen molar-refractivity contribution in [2.24, 2.45) is 5.10 Å². The van der Waals surface area contributed by atoms with E-state index in [2.05, 4.69) is 20.5 Å². The molecule has 3 aromatic rings. The molecule has 3 rings (SSSR count). The number of aromatic hydroxyl groups is 2. The average Bonchev–Trinajstić information content (AvgIpc) is 2.57. The van der Waals surface area contributed by atoms with Crippen LogP contribution in [0.1, 0.15) is 5.56 Å². The third kappa shape index (κ3) is 3.58. The third-order valence-corrected chi connectivity index (χ3v) is 3.20. The van der Waals surface area contributed by atoms with Crippen molar-refractivity contribution in [3.63, 3.8) is 0 Å². The molecule has 0 radical (unpaired) electrons. The molecular weight excluding hydrogens is 308 g/mol. The Bertz CT molecular complexity index is 936. The Hall–Kier alpha value is -3.61. The van der Waals surface area contributed by atoms with Crippen LogP contribution in [0.15, 0.2) is 64.5 Å². The molecule has 0 saturated heterocycles. The van der Waals surface area contributed by atoms with E-state index in [1.54, 1.807) is 0 Å². The van der Waals surface area contributed by atoms with Gasteiger partial charge in [0.1, 0.15) is 11.5 Å². The van der Waals surface area contributed by atoms with Gasteiger partial charge in [-0.15, -0.1) is 0 Å². The second-order valence-corrected chi connectivity index (χ2v) is 4.96. The maximum atomic E-state index is 11.8. The van der Waals surface area contributed by atoms with Crippen molar-refractivity contribution in [3.8, 4) is 22.8 Å². The minimum absolute atomic E-state index is 0.0424. The van der Waals surface area contributed by atoms with E-state index < -0.39 is 0 Å². The first-order chi connectivity index (χ1) is 11.6. The SMILES string of the molecule is O=c1cc(-c2ccccc2)nc(NN=Cc2ccc(O)cc2O)[nH]1. The van der Waals surface area contributed by atoms with E-state index in [-0.39, 0.29) is 23.0 Å². The molecule has 2 aromatic carbocycles. The van der Waals surface area contributed by atoms with Crippen molar-refractivity contribution in [2.45, 2.75) is 0 Å². The predicted octanol–water partition coefficient (Wildman–Crippen LogP) is 2.29. The van der Waals surface area contributed by atoms with Crippen LogP contribution in [0.25, 0.3) is 11.3 Å². The largest absolute Gasteiger partial charge is 0.508 e. The van der Waals surface area contributed by atoms with E-state index >= 15 is 0 Å². The fraction of sp³-hybridized carbons (Fsp3) is 0. The molecule has 0 aliphatic carbocycles. The summed E-state index contributed by atoms with van der Waals surface area (Å²) in [4.78, 5) is 18.6. The zero-order valence-electron chi connectivity index (χ0n) is 12.5. The molecule has 0 spiro atoms. The van der Waals surface area contributed by atoms with Crippen LogP contribution in [0.2, 0.25) is 0 Å². The number of hydrogen-bond acceptors (Lipinski definition) is 6. The molecule has 0 saturated carbocycles. The lowest BCUT2D eigenvalue weighted by molar-refractivity contribution is 0.450. The number of phenolic OH excluding ortho intramolecular Hbond substituents is 2. The van der Waals surface area contributed by atoms with Gasteiger partial charge in [0.25, 0.3) is 5.56 Å². The van der Waals surface area contributed by atoms with E-state index in [1.165, 1.54) is 30.5 Å². The monoisotopic (exact) mass is 322 g/mol. The molecule has 1 aromatic heterocycles. The standard InChI is InChI=1S/C17H14N4O3/c22-13-7-6-12(15(23)8-13)10-18-21-17-19-14(9-16(24)20-17)11-4-2-1-3-5-11/h1-10,22-23H,(H2,19,20,21,24). The molecule has 0 fully saturated rings. The number of nitrogens with zero attached hydrogens (tertiary/aromatic N) is 2. The van der Waals surface area contributed by atoms with E-state index in [9.17, 15) is 15.0 Å². The minimum atomic E-state index is -0.311. The summed E-state index contributed by atoms with van der Waals surface area (Å²) in [5.41, 5.74) is 4.04. The first kappa shape index (κ1) is 15.3. The van der Waals surface area contributed by atoms with Crippen molar-refractivity contribution in [1.29, 1.82) is 0 Å². The van der Waals surface area contributed by atoms with Gasteiger partial charge in [-0.05, 0) is 12.1 Å². The Balaban J connectivity index is 1.82. The number of phenols is 2. The number of hydrazone groups is 1. The summed E-state index contributed by atoms with van der Waals surface area (Å²) in [7, 11) is 0. The van der Waals surface area contributed by atoms with Gasteiger partial charge in [0.15, 0.2) is 0 Å². The molecule has 0 atom stereocenters. The lowest BCUT2D eigenvalue weighted by Gasteiger charge is -2.04. The fourth-order valence-electron chi connectivity index (χ4n) is 2.07. The molecule has 0 unspecified atom stereocenters. The predicted molar refractivity (Wildman–Crippen MR) is 91.3 cm³/mol. The van der Waals surface area contributed by atoms with Gasteiger partial charge in [-0.25, -0.2) is 10.4 Å². The molecule has 0 aliphatic rings. The number of anilines is 1. The Morgan fingerprint density at radius 3 is 2.62 bits per heavy atom. The van der Waals surface area contributed by atoms with E-state index in [1.807, 2.05) is 30.3 Å². The third-order valence-electron chi connectivity index (χ3n) is 3.20. The second kappa shape index (κ2) is 6.66. The van der Waals surface area contributed by atoms with Crippen LogP contribution in [-0.2, 0) is 0 Å². The number of hydrogen-bond donors (Lipinski definition) is 4. The first-order valence-corrected chi connectivity index (χ1v) is 7.10. The highest BCUT2D eigenvalue weighted by Gasteiger charge is 2.03. The summed E-state index contributed by atoms with van der Waals surface area (Å²) in [5.74, 6) is 0.0232. The molecule has 0 amide bonds. The van der Waals surface area contributed by atoms with Gasteiger partial charge in [-0.1, -0.05) is 30.3 Å². The van der Waals surface area contributed by atoms with Crippen LogP contribution in [0.5, 0.6) is 11.5 Å². The lowest BCUT2D eigenvalue weighted by Crippen LogP contribution is -2.10. The van der Waals surface area contributed by atoms with Gasteiger partial charge in [0.2, 0.25) is 5.95 Å². The molecule has 120 valence electrons. The lowest BCUT2D eigenvalue weighted by atomic mass is 10.1. The quantitative estimate of drug-likeness (QED) is 0.435. The summed E-state index contributed by atoms with van der Waals surface area (Å²) in [6.07, 6.45) is 1.35. The zero-order valence-corrected chi connectivity index (χ0v) is 12.5. The van der Waals surface area contributed by atoms with Crippen molar-refractivity contribution in [2.75, 3.05) is 5.43 Å². The fourth-order valence-corrected chi connectivity index (χ4v) is 2.07. The first-order valence-electron chi connectivity index (χ1n) is 7.10. The van der Waals surface area contributed by atoms with Crippen LogP contribution in [-0.4, -0.2) is 26.4 Å². The van der Waals surface area contributed by atoms with Gasteiger partial charge in [0.05, 0.1) is 11.9 Å². The number of rotatable bonds is 4. The Morgan fingerprint density at radius 1 is 1.08 bits per heavy atom. The Kier molecular flexibility index (Phi) is 4.24. The molecule has 0 bridgehead atoms. The van der Waals surface area contributed by atoms with Crippen LogP contribution < -0.4 is 11.0 Å². The minimum Gasteiger partial charge on any atom is -0.508 e. The second-order valence-electron chi connectivity index (χ2n) is 4.96. The van der Waals surface area contributed by atoms with Gasteiger partial charge in [-0.2, -0.15) is 5.10 Å². The van der Waals surface area contributed by atoms with E-state index in [4.69, 9.17) is 0 Å². The van der Waals surface area contributed by atoms with Crippen molar-refractivity contribution < 1.29 is 10.2 Å². The van der Waals surface area contributed by atoms with Gasteiger partial charge >= 0.3 is 0 Å². The van der Waals surface area contributed by atoms with Crippen molar-refractivity contribution in [1.82, 2.24) is 9.97 Å². The van der Waals surface area contributed by atoms with Crippen molar-refractivity contribution >= 4 is 12.2 Å². The summed E-state index contributed by atoms with van der Waals surface area (Å²) in [5, 5.41) is 22.8. The molecule has 4 N–H and O–H groups in total. The smallest absolute Gasteiger partial charge is 0.252 e. The molecule has 7 nitrogen and oxygen atoms in total. The van der Waals surface area contributed by atoms with Crippen molar-refractivity contribution in [3.05, 3.63) is 70.5 Å². The summed E-state index contributed by atoms with van der Waals surface area (Å²) in [6, 6.07) is 14.8. The summed E-state index contributed by atoms with van der Waals surface area (Å²) >= 11 is 0.